The largest absolute Gasteiger partial charge is 0.480 e. The molecule has 1 heterocycles. The lowest BCUT2D eigenvalue weighted by molar-refractivity contribution is -0.143. The second-order valence-corrected chi connectivity index (χ2v) is 6.19. The van der Waals surface area contributed by atoms with E-state index in [0.717, 1.165) is 6.42 Å². The van der Waals surface area contributed by atoms with Gasteiger partial charge in [-0.1, -0.05) is 0 Å². The van der Waals surface area contributed by atoms with Crippen LogP contribution in [0.25, 0.3) is 0 Å². The summed E-state index contributed by atoms with van der Waals surface area (Å²) in [5, 5.41) is 37.3. The molecule has 7 N–H and O–H groups in total. The number of carbonyl (C=O) groups is 4. The van der Waals surface area contributed by atoms with E-state index in [1.54, 1.807) is 0 Å². The zero-order chi connectivity index (χ0) is 19.9. The number of carbonyl (C=O) groups excluding carboxylic acids is 3. The number of hydrogen-bond donors (Lipinski definition) is 7. The van der Waals surface area contributed by atoms with E-state index in [2.05, 4.69) is 21.3 Å². The van der Waals surface area contributed by atoms with Crippen LogP contribution in [0, 0.1) is 0 Å². The summed E-state index contributed by atoms with van der Waals surface area (Å²) >= 11 is 0. The highest BCUT2D eigenvalue weighted by Gasteiger charge is 2.32. The Morgan fingerprint density at radius 1 is 1.12 bits per heavy atom. The van der Waals surface area contributed by atoms with Gasteiger partial charge in [0.2, 0.25) is 17.7 Å². The van der Waals surface area contributed by atoms with Crippen molar-refractivity contribution >= 4 is 23.7 Å². The molecule has 1 saturated heterocycles. The smallest absolute Gasteiger partial charge is 0.328 e. The van der Waals surface area contributed by atoms with Crippen molar-refractivity contribution in [1.82, 2.24) is 21.3 Å². The van der Waals surface area contributed by atoms with E-state index in [0.29, 0.717) is 13.0 Å². The maximum Gasteiger partial charge on any atom is 0.328 e. The molecule has 3 amide bonds. The number of aliphatic hydroxyl groups is 2. The molecule has 0 aromatic carbocycles. The van der Waals surface area contributed by atoms with Crippen molar-refractivity contribution < 1.29 is 34.5 Å². The molecule has 1 rings (SSSR count). The van der Waals surface area contributed by atoms with Crippen LogP contribution in [0.15, 0.2) is 0 Å². The van der Waals surface area contributed by atoms with Crippen molar-refractivity contribution in [2.24, 2.45) is 0 Å². The Morgan fingerprint density at radius 2 is 1.77 bits per heavy atom. The summed E-state index contributed by atoms with van der Waals surface area (Å²) in [6.45, 7) is 2.52. The van der Waals surface area contributed by atoms with Crippen LogP contribution in [0.4, 0.5) is 0 Å². The van der Waals surface area contributed by atoms with Crippen molar-refractivity contribution in [1.29, 1.82) is 0 Å². The normalized spacial score (nSPS) is 21.2. The summed E-state index contributed by atoms with van der Waals surface area (Å²) in [6.07, 6.45) is 0.243. The molecule has 1 aliphatic heterocycles. The minimum Gasteiger partial charge on any atom is -0.480 e. The molecule has 0 bridgehead atoms. The topological polar surface area (TPSA) is 177 Å². The van der Waals surface area contributed by atoms with Crippen LogP contribution in [-0.4, -0.2) is 82.4 Å². The quantitative estimate of drug-likeness (QED) is 0.219. The molecule has 1 fully saturated rings. The minimum absolute atomic E-state index is 0.424. The highest BCUT2D eigenvalue weighted by molar-refractivity contribution is 5.94. The molecule has 5 atom stereocenters. The molecule has 26 heavy (non-hydrogen) atoms. The van der Waals surface area contributed by atoms with Crippen LogP contribution in [0.1, 0.15) is 26.7 Å². The van der Waals surface area contributed by atoms with Gasteiger partial charge >= 0.3 is 5.97 Å². The van der Waals surface area contributed by atoms with Gasteiger partial charge in [-0.15, -0.1) is 0 Å². The summed E-state index contributed by atoms with van der Waals surface area (Å²) < 4.78 is 0. The van der Waals surface area contributed by atoms with E-state index in [1.807, 2.05) is 0 Å². The molecule has 11 heteroatoms. The van der Waals surface area contributed by atoms with Gasteiger partial charge in [0.25, 0.3) is 0 Å². The van der Waals surface area contributed by atoms with Crippen molar-refractivity contribution in [3.63, 3.8) is 0 Å². The van der Waals surface area contributed by atoms with E-state index in [9.17, 15) is 24.3 Å². The van der Waals surface area contributed by atoms with Crippen molar-refractivity contribution in [3.05, 3.63) is 0 Å². The highest BCUT2D eigenvalue weighted by atomic mass is 16.4. The first kappa shape index (κ1) is 21.8. The SMILES string of the molecule is CC(NC(=O)C(NC(=O)C1CCCN1)C(C)O)C(=O)NC(CO)C(=O)O. The van der Waals surface area contributed by atoms with Gasteiger partial charge in [0, 0.05) is 0 Å². The Bertz CT molecular complexity index is 534. The molecular weight excluding hydrogens is 348 g/mol. The second kappa shape index (κ2) is 10.0. The number of aliphatic hydroxyl groups excluding tert-OH is 2. The third-order valence-electron chi connectivity index (χ3n) is 3.99. The molecular formula is C15H26N4O7. The van der Waals surface area contributed by atoms with Gasteiger partial charge in [-0.3, -0.25) is 14.4 Å². The Morgan fingerprint density at radius 3 is 2.23 bits per heavy atom. The standard InChI is InChI=1S/C15H26N4O7/c1-7(12(22)18-10(6-20)15(25)26)17-14(24)11(8(2)21)19-13(23)9-4-3-5-16-9/h7-11,16,20-21H,3-6H2,1-2H3,(H,17,24)(H,18,22)(H,19,23)(H,25,26). The third-order valence-corrected chi connectivity index (χ3v) is 3.99. The Hall–Kier alpha value is -2.24. The molecule has 0 saturated carbocycles. The van der Waals surface area contributed by atoms with E-state index in [4.69, 9.17) is 10.2 Å². The van der Waals surface area contributed by atoms with Crippen LogP contribution in [0.2, 0.25) is 0 Å². The fourth-order valence-electron chi connectivity index (χ4n) is 2.42. The molecule has 0 aliphatic carbocycles. The van der Waals surface area contributed by atoms with Crippen molar-refractivity contribution in [3.8, 4) is 0 Å². The zero-order valence-corrected chi connectivity index (χ0v) is 14.7. The summed E-state index contributed by atoms with van der Waals surface area (Å²) in [6, 6.07) is -4.35. The molecule has 11 nitrogen and oxygen atoms in total. The number of rotatable bonds is 9. The van der Waals surface area contributed by atoms with Gasteiger partial charge in [-0.2, -0.15) is 0 Å². The molecule has 148 valence electrons. The summed E-state index contributed by atoms with van der Waals surface area (Å²) in [5.41, 5.74) is 0. The van der Waals surface area contributed by atoms with Gasteiger partial charge in [0.05, 0.1) is 18.8 Å². The van der Waals surface area contributed by atoms with Crippen LogP contribution in [-0.2, 0) is 19.2 Å². The van der Waals surface area contributed by atoms with Crippen molar-refractivity contribution in [2.45, 2.75) is 57.0 Å². The van der Waals surface area contributed by atoms with Gasteiger partial charge in [0.1, 0.15) is 18.1 Å². The van der Waals surface area contributed by atoms with E-state index in [1.165, 1.54) is 13.8 Å². The minimum atomic E-state index is -1.50. The zero-order valence-electron chi connectivity index (χ0n) is 14.7. The Kier molecular flexibility index (Phi) is 8.42. The lowest BCUT2D eigenvalue weighted by atomic mass is 10.1. The number of nitrogens with one attached hydrogen (secondary N) is 4. The first-order chi connectivity index (χ1) is 12.2. The average molecular weight is 374 g/mol. The molecule has 0 aromatic heterocycles. The Balaban J connectivity index is 2.63. The fourth-order valence-corrected chi connectivity index (χ4v) is 2.42. The second-order valence-electron chi connectivity index (χ2n) is 6.19. The van der Waals surface area contributed by atoms with E-state index in [-0.39, 0.29) is 0 Å². The van der Waals surface area contributed by atoms with Crippen LogP contribution < -0.4 is 21.3 Å². The van der Waals surface area contributed by atoms with Gasteiger partial charge in [-0.25, -0.2) is 4.79 Å². The maximum absolute atomic E-state index is 12.3. The predicted octanol–water partition coefficient (Wildman–Crippen LogP) is -3.33. The van der Waals surface area contributed by atoms with Crippen LogP contribution in [0.3, 0.4) is 0 Å². The van der Waals surface area contributed by atoms with Gasteiger partial charge in [0.15, 0.2) is 0 Å². The molecule has 5 unspecified atom stereocenters. The third kappa shape index (κ3) is 6.24. The number of aliphatic carboxylic acids is 1. The highest BCUT2D eigenvalue weighted by Crippen LogP contribution is 2.06. The Labute approximate surface area is 150 Å². The van der Waals surface area contributed by atoms with Crippen LogP contribution in [0.5, 0.6) is 0 Å². The monoisotopic (exact) mass is 374 g/mol. The first-order valence-electron chi connectivity index (χ1n) is 8.33. The lowest BCUT2D eigenvalue weighted by Gasteiger charge is -2.24. The van der Waals surface area contributed by atoms with Gasteiger partial charge in [-0.05, 0) is 33.2 Å². The van der Waals surface area contributed by atoms with E-state index >= 15 is 0 Å². The number of carboxylic acid groups (broad SMARTS) is 1. The number of carboxylic acids is 1. The fraction of sp³-hybridized carbons (Fsp3) is 0.733. The lowest BCUT2D eigenvalue weighted by Crippen LogP contribution is -2.59. The number of hydrogen-bond acceptors (Lipinski definition) is 7. The first-order valence-corrected chi connectivity index (χ1v) is 8.33. The van der Waals surface area contributed by atoms with Crippen molar-refractivity contribution in [2.75, 3.05) is 13.2 Å². The molecule has 1 aliphatic rings. The maximum atomic E-state index is 12.3. The predicted molar refractivity (Wildman–Crippen MR) is 88.9 cm³/mol. The van der Waals surface area contributed by atoms with E-state index < -0.39 is 60.6 Å². The summed E-state index contributed by atoms with van der Waals surface area (Å²) in [5.74, 6) is -3.46. The van der Waals surface area contributed by atoms with Crippen LogP contribution >= 0.6 is 0 Å². The summed E-state index contributed by atoms with van der Waals surface area (Å²) in [7, 11) is 0. The average Bonchev–Trinajstić information content (AvgIpc) is 3.10. The molecule has 0 spiro atoms. The molecule has 0 radical (unpaired) electrons. The summed E-state index contributed by atoms with van der Waals surface area (Å²) in [4.78, 5) is 47.1. The number of amides is 3. The molecule has 0 aromatic rings. The van der Waals surface area contributed by atoms with Gasteiger partial charge < -0.3 is 36.6 Å².